The zero-order chi connectivity index (χ0) is 14.8. The highest BCUT2D eigenvalue weighted by Crippen LogP contribution is 2.25. The minimum absolute atomic E-state index is 0.633. The first-order valence-corrected chi connectivity index (χ1v) is 7.61. The van der Waals surface area contributed by atoms with Gasteiger partial charge in [-0.2, -0.15) is 0 Å². The zero-order valence-electron chi connectivity index (χ0n) is 12.8. The quantitative estimate of drug-likeness (QED) is 0.941. The lowest BCUT2D eigenvalue weighted by atomic mass is 9.99. The van der Waals surface area contributed by atoms with Crippen molar-refractivity contribution in [2.45, 2.75) is 26.3 Å². The van der Waals surface area contributed by atoms with Gasteiger partial charge >= 0.3 is 0 Å². The normalized spacial score (nSPS) is 19.8. The number of pyridine rings is 1. The molecule has 1 fully saturated rings. The van der Waals surface area contributed by atoms with Gasteiger partial charge in [-0.3, -0.25) is 4.90 Å². The Hall–Kier alpha value is -1.81. The van der Waals surface area contributed by atoms with E-state index in [0.29, 0.717) is 5.82 Å². The van der Waals surface area contributed by atoms with E-state index in [2.05, 4.69) is 22.9 Å². The summed E-state index contributed by atoms with van der Waals surface area (Å²) in [7, 11) is 1.66. The van der Waals surface area contributed by atoms with Crippen LogP contribution in [0.25, 0.3) is 10.9 Å². The highest BCUT2D eigenvalue weighted by molar-refractivity contribution is 5.82. The molecule has 3 rings (SSSR count). The van der Waals surface area contributed by atoms with Gasteiger partial charge in [0.1, 0.15) is 11.6 Å². The van der Waals surface area contributed by atoms with E-state index in [1.54, 1.807) is 7.11 Å². The summed E-state index contributed by atoms with van der Waals surface area (Å²) < 4.78 is 5.24. The molecule has 1 aliphatic heterocycles. The number of fused-ring (bicyclic) bond motifs is 1. The standard InChI is InChI=1S/C17H23N3O/c1-12-4-3-7-20(10-12)11-14-8-13-5-6-15(21-2)9-16(13)19-17(14)18/h5-6,8-9,12H,3-4,7,10-11H2,1-2H3,(H2,18,19). The molecule has 112 valence electrons. The number of anilines is 1. The summed E-state index contributed by atoms with van der Waals surface area (Å²) >= 11 is 0. The molecular formula is C17H23N3O. The molecule has 1 saturated heterocycles. The Bertz CT molecular complexity index is 641. The van der Waals surface area contributed by atoms with Gasteiger partial charge in [0.05, 0.1) is 12.6 Å². The molecule has 2 aromatic rings. The summed E-state index contributed by atoms with van der Waals surface area (Å²) in [5, 5.41) is 1.12. The number of nitrogens with two attached hydrogens (primary N) is 1. The Morgan fingerprint density at radius 2 is 2.24 bits per heavy atom. The second-order valence-electron chi connectivity index (χ2n) is 6.07. The molecule has 0 radical (unpaired) electrons. The minimum Gasteiger partial charge on any atom is -0.497 e. The summed E-state index contributed by atoms with van der Waals surface area (Å²) in [6.45, 7) is 5.52. The van der Waals surface area contributed by atoms with Crippen LogP contribution in [0.4, 0.5) is 5.82 Å². The second-order valence-corrected chi connectivity index (χ2v) is 6.07. The highest BCUT2D eigenvalue weighted by Gasteiger charge is 2.17. The lowest BCUT2D eigenvalue weighted by molar-refractivity contribution is 0.177. The third-order valence-corrected chi connectivity index (χ3v) is 4.27. The van der Waals surface area contributed by atoms with E-state index in [1.807, 2.05) is 18.2 Å². The van der Waals surface area contributed by atoms with Crippen LogP contribution in [0, 0.1) is 5.92 Å². The van der Waals surface area contributed by atoms with Crippen molar-refractivity contribution in [1.29, 1.82) is 0 Å². The molecule has 2 heterocycles. The number of likely N-dealkylation sites (tertiary alicyclic amines) is 1. The Kier molecular flexibility index (Phi) is 3.97. The Balaban J connectivity index is 1.86. The average Bonchev–Trinajstić information content (AvgIpc) is 2.47. The van der Waals surface area contributed by atoms with Crippen molar-refractivity contribution in [3.8, 4) is 5.75 Å². The van der Waals surface area contributed by atoms with Crippen molar-refractivity contribution in [3.63, 3.8) is 0 Å². The Morgan fingerprint density at radius 1 is 1.38 bits per heavy atom. The molecule has 0 saturated carbocycles. The van der Waals surface area contributed by atoms with Crippen LogP contribution in [0.1, 0.15) is 25.3 Å². The fourth-order valence-corrected chi connectivity index (χ4v) is 3.13. The third kappa shape index (κ3) is 3.10. The number of piperidine rings is 1. The van der Waals surface area contributed by atoms with Crippen LogP contribution in [-0.4, -0.2) is 30.1 Å². The maximum absolute atomic E-state index is 6.15. The van der Waals surface area contributed by atoms with E-state index in [0.717, 1.165) is 47.8 Å². The van der Waals surface area contributed by atoms with Crippen LogP contribution in [0.15, 0.2) is 24.3 Å². The summed E-state index contributed by atoms with van der Waals surface area (Å²) in [4.78, 5) is 7.02. The van der Waals surface area contributed by atoms with Crippen LogP contribution in [0.5, 0.6) is 5.75 Å². The van der Waals surface area contributed by atoms with E-state index in [-0.39, 0.29) is 0 Å². The molecule has 0 amide bonds. The van der Waals surface area contributed by atoms with Crippen LogP contribution < -0.4 is 10.5 Å². The number of nitrogens with zero attached hydrogens (tertiary/aromatic N) is 2. The molecule has 4 nitrogen and oxygen atoms in total. The van der Waals surface area contributed by atoms with Gasteiger partial charge in [-0.05, 0) is 43.5 Å². The lowest BCUT2D eigenvalue weighted by Gasteiger charge is -2.31. The Morgan fingerprint density at radius 3 is 3.00 bits per heavy atom. The molecule has 4 heteroatoms. The molecule has 1 aliphatic rings. The number of hydrogen-bond donors (Lipinski definition) is 1. The summed E-state index contributed by atoms with van der Waals surface area (Å²) in [6.07, 6.45) is 2.61. The van der Waals surface area contributed by atoms with Gasteiger partial charge in [0.2, 0.25) is 0 Å². The Labute approximate surface area is 125 Å². The first-order valence-electron chi connectivity index (χ1n) is 7.61. The van der Waals surface area contributed by atoms with E-state index in [4.69, 9.17) is 10.5 Å². The zero-order valence-corrected chi connectivity index (χ0v) is 12.8. The largest absolute Gasteiger partial charge is 0.497 e. The van der Waals surface area contributed by atoms with E-state index in [9.17, 15) is 0 Å². The monoisotopic (exact) mass is 285 g/mol. The first kappa shape index (κ1) is 14.1. The van der Waals surface area contributed by atoms with Gasteiger partial charge in [-0.15, -0.1) is 0 Å². The van der Waals surface area contributed by atoms with Crippen molar-refractivity contribution >= 4 is 16.7 Å². The SMILES string of the molecule is COc1ccc2cc(CN3CCCC(C)C3)c(N)nc2c1. The highest BCUT2D eigenvalue weighted by atomic mass is 16.5. The summed E-state index contributed by atoms with van der Waals surface area (Å²) in [6, 6.07) is 8.10. The molecule has 0 bridgehead atoms. The lowest BCUT2D eigenvalue weighted by Crippen LogP contribution is -2.34. The number of rotatable bonds is 3. The predicted octanol–water partition coefficient (Wildman–Crippen LogP) is 3.06. The van der Waals surface area contributed by atoms with Gasteiger partial charge in [0, 0.05) is 30.1 Å². The smallest absolute Gasteiger partial charge is 0.128 e. The molecule has 1 aromatic carbocycles. The number of nitrogen functional groups attached to an aromatic ring is 1. The second kappa shape index (κ2) is 5.90. The topological polar surface area (TPSA) is 51.4 Å². The predicted molar refractivity (Wildman–Crippen MR) is 86.4 cm³/mol. The molecule has 2 N–H and O–H groups in total. The van der Waals surface area contributed by atoms with Crippen LogP contribution in [0.2, 0.25) is 0 Å². The van der Waals surface area contributed by atoms with Crippen LogP contribution in [-0.2, 0) is 6.54 Å². The molecule has 1 atom stereocenters. The molecule has 1 aromatic heterocycles. The molecule has 1 unspecified atom stereocenters. The molecular weight excluding hydrogens is 262 g/mol. The number of aromatic nitrogens is 1. The fourth-order valence-electron chi connectivity index (χ4n) is 3.13. The molecule has 0 aliphatic carbocycles. The van der Waals surface area contributed by atoms with Gasteiger partial charge in [-0.1, -0.05) is 6.92 Å². The van der Waals surface area contributed by atoms with Gasteiger partial charge in [0.25, 0.3) is 0 Å². The first-order chi connectivity index (χ1) is 10.2. The van der Waals surface area contributed by atoms with Crippen molar-refractivity contribution in [2.24, 2.45) is 5.92 Å². The molecule has 21 heavy (non-hydrogen) atoms. The third-order valence-electron chi connectivity index (χ3n) is 4.27. The van der Waals surface area contributed by atoms with E-state index < -0.39 is 0 Å². The van der Waals surface area contributed by atoms with E-state index >= 15 is 0 Å². The number of methoxy groups -OCH3 is 1. The van der Waals surface area contributed by atoms with Crippen molar-refractivity contribution in [2.75, 3.05) is 25.9 Å². The minimum atomic E-state index is 0.633. The van der Waals surface area contributed by atoms with Gasteiger partial charge in [-0.25, -0.2) is 4.98 Å². The maximum atomic E-state index is 6.15. The van der Waals surface area contributed by atoms with Crippen molar-refractivity contribution in [1.82, 2.24) is 9.88 Å². The van der Waals surface area contributed by atoms with Crippen LogP contribution in [0.3, 0.4) is 0 Å². The summed E-state index contributed by atoms with van der Waals surface area (Å²) in [5.41, 5.74) is 8.17. The summed E-state index contributed by atoms with van der Waals surface area (Å²) in [5.74, 6) is 2.22. The number of benzene rings is 1. The van der Waals surface area contributed by atoms with E-state index in [1.165, 1.54) is 12.8 Å². The van der Waals surface area contributed by atoms with Crippen molar-refractivity contribution < 1.29 is 4.74 Å². The number of hydrogen-bond acceptors (Lipinski definition) is 4. The van der Waals surface area contributed by atoms with Gasteiger partial charge in [0.15, 0.2) is 0 Å². The maximum Gasteiger partial charge on any atom is 0.128 e. The van der Waals surface area contributed by atoms with Crippen molar-refractivity contribution in [3.05, 3.63) is 29.8 Å². The number of ether oxygens (including phenoxy) is 1. The van der Waals surface area contributed by atoms with Gasteiger partial charge < -0.3 is 10.5 Å². The fraction of sp³-hybridized carbons (Fsp3) is 0.471. The average molecular weight is 285 g/mol. The molecule has 0 spiro atoms. The van der Waals surface area contributed by atoms with Crippen LogP contribution >= 0.6 is 0 Å².